The molecule has 0 fully saturated rings. The number of aromatic hydroxyl groups is 1. The van der Waals surface area contributed by atoms with Gasteiger partial charge in [-0.2, -0.15) is 5.10 Å². The standard InChI is InChI=1S/C9H9BN2O4/c1-16-9(14)12-10(15)8-4-7(13)3-2-6(8)5-11-12/h2-5,13,15H,1H3. The maximum absolute atomic E-state index is 11.2. The van der Waals surface area contributed by atoms with Crippen LogP contribution in [0.2, 0.25) is 0 Å². The smallest absolute Gasteiger partial charge is 0.478 e. The molecule has 0 radical (unpaired) electrons. The minimum Gasteiger partial charge on any atom is -0.508 e. The van der Waals surface area contributed by atoms with Crippen LogP contribution in [0.3, 0.4) is 0 Å². The molecule has 2 rings (SSSR count). The normalized spacial score (nSPS) is 13.6. The highest BCUT2D eigenvalue weighted by Gasteiger charge is 2.34. The molecule has 6 nitrogen and oxygen atoms in total. The van der Waals surface area contributed by atoms with Crippen LogP contribution in [0.4, 0.5) is 4.79 Å². The van der Waals surface area contributed by atoms with Crippen LogP contribution in [0, 0.1) is 0 Å². The Labute approximate surface area is 91.9 Å². The summed E-state index contributed by atoms with van der Waals surface area (Å²) < 4.78 is 4.46. The molecule has 1 aliphatic rings. The summed E-state index contributed by atoms with van der Waals surface area (Å²) in [4.78, 5) is 12.0. The molecule has 1 heterocycles. The fourth-order valence-electron chi connectivity index (χ4n) is 1.46. The van der Waals surface area contributed by atoms with Gasteiger partial charge in [0.15, 0.2) is 0 Å². The summed E-state index contributed by atoms with van der Waals surface area (Å²) >= 11 is 0. The Morgan fingerprint density at radius 1 is 1.56 bits per heavy atom. The number of hydrazone groups is 1. The van der Waals surface area contributed by atoms with Crippen molar-refractivity contribution in [2.75, 3.05) is 7.11 Å². The number of hydrogen-bond donors (Lipinski definition) is 2. The van der Waals surface area contributed by atoms with Crippen LogP contribution in [-0.4, -0.2) is 41.5 Å². The Morgan fingerprint density at radius 2 is 2.31 bits per heavy atom. The van der Waals surface area contributed by atoms with Crippen molar-refractivity contribution in [2.24, 2.45) is 5.10 Å². The van der Waals surface area contributed by atoms with Gasteiger partial charge in [-0.25, -0.2) is 9.71 Å². The maximum atomic E-state index is 11.2. The first-order valence-electron chi connectivity index (χ1n) is 4.55. The molecule has 1 aromatic carbocycles. The molecule has 16 heavy (non-hydrogen) atoms. The lowest BCUT2D eigenvalue weighted by molar-refractivity contribution is 0.145. The Balaban J connectivity index is 2.40. The minimum absolute atomic E-state index is 0.0120. The third kappa shape index (κ3) is 1.61. The third-order valence-electron chi connectivity index (χ3n) is 2.26. The molecule has 1 amide bonds. The fraction of sp³-hybridized carbons (Fsp3) is 0.111. The molecule has 0 aromatic heterocycles. The SMILES string of the molecule is COC(=O)N1N=Cc2ccc(O)cc2B1O. The van der Waals surface area contributed by atoms with Crippen molar-refractivity contribution in [2.45, 2.75) is 0 Å². The van der Waals surface area contributed by atoms with Gasteiger partial charge in [0.2, 0.25) is 0 Å². The predicted octanol–water partition coefficient (Wildman–Crippen LogP) is -0.504. The van der Waals surface area contributed by atoms with E-state index in [-0.39, 0.29) is 5.75 Å². The van der Waals surface area contributed by atoms with Gasteiger partial charge in [-0.15, -0.1) is 0 Å². The van der Waals surface area contributed by atoms with Crippen molar-refractivity contribution >= 4 is 24.8 Å². The number of ether oxygens (including phenoxy) is 1. The van der Waals surface area contributed by atoms with Crippen LogP contribution >= 0.6 is 0 Å². The van der Waals surface area contributed by atoms with Crippen molar-refractivity contribution in [3.8, 4) is 5.75 Å². The summed E-state index contributed by atoms with van der Waals surface area (Å²) in [5.74, 6) is 0.0120. The second-order valence-corrected chi connectivity index (χ2v) is 3.25. The van der Waals surface area contributed by atoms with Gasteiger partial charge < -0.3 is 14.9 Å². The molecule has 0 bridgehead atoms. The number of benzene rings is 1. The molecule has 1 aliphatic heterocycles. The van der Waals surface area contributed by atoms with Crippen molar-refractivity contribution in [3.05, 3.63) is 23.8 Å². The summed E-state index contributed by atoms with van der Waals surface area (Å²) in [6, 6.07) is 4.46. The largest absolute Gasteiger partial charge is 0.508 e. The summed E-state index contributed by atoms with van der Waals surface area (Å²) in [6.45, 7) is 0. The van der Waals surface area contributed by atoms with Gasteiger partial charge in [0.1, 0.15) is 5.75 Å². The fourth-order valence-corrected chi connectivity index (χ4v) is 1.46. The lowest BCUT2D eigenvalue weighted by Gasteiger charge is -2.23. The lowest BCUT2D eigenvalue weighted by Crippen LogP contribution is -2.52. The van der Waals surface area contributed by atoms with Gasteiger partial charge >= 0.3 is 13.1 Å². The first-order chi connectivity index (χ1) is 7.63. The van der Waals surface area contributed by atoms with E-state index in [4.69, 9.17) is 0 Å². The van der Waals surface area contributed by atoms with Crippen molar-refractivity contribution in [1.82, 2.24) is 4.92 Å². The number of nitrogens with zero attached hydrogens (tertiary/aromatic N) is 2. The molecule has 0 atom stereocenters. The highest BCUT2D eigenvalue weighted by atomic mass is 16.5. The van der Waals surface area contributed by atoms with Gasteiger partial charge in [0.25, 0.3) is 0 Å². The number of phenols is 1. The van der Waals surface area contributed by atoms with Crippen LogP contribution in [0.5, 0.6) is 5.75 Å². The van der Waals surface area contributed by atoms with Gasteiger partial charge in [-0.1, -0.05) is 6.07 Å². The van der Waals surface area contributed by atoms with E-state index >= 15 is 0 Å². The third-order valence-corrected chi connectivity index (χ3v) is 2.26. The van der Waals surface area contributed by atoms with Crippen LogP contribution in [0.15, 0.2) is 23.3 Å². The number of methoxy groups -OCH3 is 1. The number of amides is 1. The van der Waals surface area contributed by atoms with E-state index in [1.165, 1.54) is 25.5 Å². The molecular weight excluding hydrogens is 211 g/mol. The minimum atomic E-state index is -1.25. The molecule has 82 valence electrons. The average Bonchev–Trinajstić information content (AvgIpc) is 2.29. The van der Waals surface area contributed by atoms with Crippen molar-refractivity contribution < 1.29 is 19.7 Å². The van der Waals surface area contributed by atoms with E-state index < -0.39 is 13.1 Å². The van der Waals surface area contributed by atoms with E-state index in [2.05, 4.69) is 9.84 Å². The van der Waals surface area contributed by atoms with Crippen LogP contribution in [-0.2, 0) is 4.74 Å². The summed E-state index contributed by atoms with van der Waals surface area (Å²) in [5, 5.41) is 22.9. The van der Waals surface area contributed by atoms with E-state index in [0.29, 0.717) is 11.0 Å². The predicted molar refractivity (Wildman–Crippen MR) is 57.6 cm³/mol. The molecular formula is C9H9BN2O4. The molecule has 1 aromatic rings. The second-order valence-electron chi connectivity index (χ2n) is 3.25. The summed E-state index contributed by atoms with van der Waals surface area (Å²) in [6.07, 6.45) is 0.649. The molecule has 0 saturated heterocycles. The Kier molecular flexibility index (Phi) is 2.53. The first-order valence-corrected chi connectivity index (χ1v) is 4.55. The topological polar surface area (TPSA) is 82.4 Å². The highest BCUT2D eigenvalue weighted by molar-refractivity contribution is 6.67. The van der Waals surface area contributed by atoms with E-state index in [9.17, 15) is 14.9 Å². The van der Waals surface area contributed by atoms with Crippen LogP contribution < -0.4 is 5.46 Å². The molecule has 0 unspecified atom stereocenters. The zero-order valence-electron chi connectivity index (χ0n) is 8.49. The number of hydrogen-bond acceptors (Lipinski definition) is 5. The van der Waals surface area contributed by atoms with Crippen molar-refractivity contribution in [3.63, 3.8) is 0 Å². The van der Waals surface area contributed by atoms with Crippen LogP contribution in [0.25, 0.3) is 0 Å². The molecule has 0 spiro atoms. The van der Waals surface area contributed by atoms with Crippen molar-refractivity contribution in [1.29, 1.82) is 0 Å². The Morgan fingerprint density at radius 3 is 3.00 bits per heavy atom. The van der Waals surface area contributed by atoms with E-state index in [1.54, 1.807) is 6.07 Å². The van der Waals surface area contributed by atoms with E-state index in [1.807, 2.05) is 0 Å². The Bertz CT molecular complexity index is 463. The molecule has 7 heteroatoms. The first kappa shape index (κ1) is 10.5. The number of carbonyl (C=O) groups excluding carboxylic acids is 1. The van der Waals surface area contributed by atoms with Crippen LogP contribution in [0.1, 0.15) is 5.56 Å². The molecule has 0 aliphatic carbocycles. The Hall–Kier alpha value is -2.02. The molecule has 2 N–H and O–H groups in total. The number of rotatable bonds is 0. The summed E-state index contributed by atoms with van der Waals surface area (Å²) in [7, 11) is -0.0534. The molecule has 0 saturated carbocycles. The number of phenolic OH excluding ortho intramolecular Hbond substituents is 1. The van der Waals surface area contributed by atoms with Gasteiger partial charge in [-0.05, 0) is 23.2 Å². The number of fused-ring (bicyclic) bond motifs is 1. The lowest BCUT2D eigenvalue weighted by atomic mass is 9.70. The zero-order valence-corrected chi connectivity index (χ0v) is 8.49. The number of carbonyl (C=O) groups is 1. The average molecular weight is 220 g/mol. The zero-order chi connectivity index (χ0) is 11.7. The van der Waals surface area contributed by atoms with E-state index in [0.717, 1.165) is 4.92 Å². The monoisotopic (exact) mass is 220 g/mol. The van der Waals surface area contributed by atoms with Gasteiger partial charge in [0, 0.05) is 0 Å². The summed E-state index contributed by atoms with van der Waals surface area (Å²) in [5.41, 5.74) is 1.05. The highest BCUT2D eigenvalue weighted by Crippen LogP contribution is 2.12. The quantitative estimate of drug-likeness (QED) is 0.577. The van der Waals surface area contributed by atoms with Gasteiger partial charge in [0.05, 0.1) is 13.3 Å². The maximum Gasteiger partial charge on any atom is 0.478 e. The van der Waals surface area contributed by atoms with Gasteiger partial charge in [-0.3, -0.25) is 0 Å². The second kappa shape index (κ2) is 3.86.